The molecule has 0 aliphatic heterocycles. The number of benzene rings is 1. The largest absolute Gasteiger partial charge is 0.494 e. The Morgan fingerprint density at radius 1 is 1.35 bits per heavy atom. The molecule has 0 radical (unpaired) electrons. The molecule has 1 aliphatic rings. The number of likely N-dealkylation sites (N-methyl/N-ethyl adjacent to an activating group) is 1. The van der Waals surface area contributed by atoms with E-state index in [9.17, 15) is 0 Å². The third-order valence-electron chi connectivity index (χ3n) is 4.20. The Morgan fingerprint density at radius 2 is 2.06 bits per heavy atom. The molecular weight excluding hydrogens is 210 g/mol. The Balaban J connectivity index is 2.19. The molecule has 2 atom stereocenters. The van der Waals surface area contributed by atoms with Crippen LogP contribution in [0.2, 0.25) is 0 Å². The number of ether oxygens (including phenoxy) is 1. The molecular formula is C15H23NO. The fraction of sp³-hybridized carbons (Fsp3) is 0.600. The van der Waals surface area contributed by atoms with E-state index in [0.717, 1.165) is 24.8 Å². The summed E-state index contributed by atoms with van der Waals surface area (Å²) < 4.78 is 5.50. The van der Waals surface area contributed by atoms with Crippen LogP contribution in [-0.4, -0.2) is 20.2 Å². The van der Waals surface area contributed by atoms with Gasteiger partial charge in [0.25, 0.3) is 0 Å². The zero-order chi connectivity index (χ0) is 12.3. The summed E-state index contributed by atoms with van der Waals surface area (Å²) in [6, 6.07) is 8.67. The summed E-state index contributed by atoms with van der Waals surface area (Å²) in [6.45, 7) is 6.18. The molecule has 0 heterocycles. The standard InChI is InChI=1S/C15H23NO/c1-4-17-14-7-5-13(6-8-14)15(11-16-3)10-9-12(15)2/h5-8,12,16H,4,9-11H2,1-3H3. The summed E-state index contributed by atoms with van der Waals surface area (Å²) in [5.41, 5.74) is 1.80. The van der Waals surface area contributed by atoms with Gasteiger partial charge in [-0.1, -0.05) is 19.1 Å². The predicted octanol–water partition coefficient (Wildman–Crippen LogP) is 2.97. The molecule has 94 valence electrons. The SMILES string of the molecule is CCOc1ccc(C2(CNC)CCC2C)cc1. The van der Waals surface area contributed by atoms with E-state index in [1.807, 2.05) is 14.0 Å². The lowest BCUT2D eigenvalue weighted by Gasteiger charge is -2.49. The maximum Gasteiger partial charge on any atom is 0.119 e. The van der Waals surface area contributed by atoms with E-state index < -0.39 is 0 Å². The van der Waals surface area contributed by atoms with Gasteiger partial charge in [-0.2, -0.15) is 0 Å². The number of hydrogen-bond donors (Lipinski definition) is 1. The van der Waals surface area contributed by atoms with Gasteiger partial charge in [0.05, 0.1) is 6.61 Å². The van der Waals surface area contributed by atoms with Crippen LogP contribution in [-0.2, 0) is 5.41 Å². The average Bonchev–Trinajstić information content (AvgIpc) is 2.35. The van der Waals surface area contributed by atoms with E-state index in [2.05, 4.69) is 36.5 Å². The highest BCUT2D eigenvalue weighted by molar-refractivity contribution is 5.35. The first-order valence-electron chi connectivity index (χ1n) is 6.61. The first-order valence-corrected chi connectivity index (χ1v) is 6.61. The van der Waals surface area contributed by atoms with Gasteiger partial charge in [0.2, 0.25) is 0 Å². The van der Waals surface area contributed by atoms with Crippen molar-refractivity contribution >= 4 is 0 Å². The maximum atomic E-state index is 5.50. The van der Waals surface area contributed by atoms with Crippen molar-refractivity contribution in [1.29, 1.82) is 0 Å². The van der Waals surface area contributed by atoms with Gasteiger partial charge in [0.1, 0.15) is 5.75 Å². The first kappa shape index (κ1) is 12.4. The van der Waals surface area contributed by atoms with Crippen molar-refractivity contribution in [2.75, 3.05) is 20.2 Å². The van der Waals surface area contributed by atoms with Gasteiger partial charge in [-0.15, -0.1) is 0 Å². The van der Waals surface area contributed by atoms with E-state index in [1.54, 1.807) is 0 Å². The van der Waals surface area contributed by atoms with Crippen molar-refractivity contribution in [3.8, 4) is 5.75 Å². The molecule has 1 aromatic carbocycles. The second-order valence-electron chi connectivity index (χ2n) is 5.08. The minimum Gasteiger partial charge on any atom is -0.494 e. The molecule has 2 nitrogen and oxygen atoms in total. The molecule has 0 spiro atoms. The van der Waals surface area contributed by atoms with E-state index in [-0.39, 0.29) is 0 Å². The lowest BCUT2D eigenvalue weighted by Crippen LogP contribution is -2.49. The van der Waals surface area contributed by atoms with Crippen molar-refractivity contribution in [3.63, 3.8) is 0 Å². The first-order chi connectivity index (χ1) is 8.23. The third kappa shape index (κ3) is 2.19. The van der Waals surface area contributed by atoms with Gasteiger partial charge in [-0.05, 0) is 50.4 Å². The summed E-state index contributed by atoms with van der Waals surface area (Å²) >= 11 is 0. The van der Waals surface area contributed by atoms with Gasteiger partial charge in [-0.25, -0.2) is 0 Å². The Morgan fingerprint density at radius 3 is 2.47 bits per heavy atom. The smallest absolute Gasteiger partial charge is 0.119 e. The predicted molar refractivity (Wildman–Crippen MR) is 71.6 cm³/mol. The van der Waals surface area contributed by atoms with Gasteiger partial charge < -0.3 is 10.1 Å². The van der Waals surface area contributed by atoms with E-state index in [0.29, 0.717) is 5.41 Å². The quantitative estimate of drug-likeness (QED) is 0.844. The second-order valence-corrected chi connectivity index (χ2v) is 5.08. The molecule has 1 aliphatic carbocycles. The fourth-order valence-corrected chi connectivity index (χ4v) is 2.94. The second kappa shape index (κ2) is 5.09. The molecule has 2 heteroatoms. The van der Waals surface area contributed by atoms with Crippen molar-refractivity contribution in [2.24, 2.45) is 5.92 Å². The lowest BCUT2D eigenvalue weighted by atomic mass is 9.57. The fourth-order valence-electron chi connectivity index (χ4n) is 2.94. The summed E-state index contributed by atoms with van der Waals surface area (Å²) in [6.07, 6.45) is 2.64. The molecule has 0 aromatic heterocycles. The zero-order valence-electron chi connectivity index (χ0n) is 11.1. The van der Waals surface area contributed by atoms with Gasteiger partial charge in [-0.3, -0.25) is 0 Å². The topological polar surface area (TPSA) is 21.3 Å². The van der Waals surface area contributed by atoms with E-state index in [1.165, 1.54) is 18.4 Å². The van der Waals surface area contributed by atoms with Crippen LogP contribution in [0.5, 0.6) is 5.75 Å². The van der Waals surface area contributed by atoms with Crippen LogP contribution in [0, 0.1) is 5.92 Å². The molecule has 1 aromatic rings. The minimum absolute atomic E-state index is 0.347. The van der Waals surface area contributed by atoms with E-state index >= 15 is 0 Å². The van der Waals surface area contributed by atoms with Crippen molar-refractivity contribution in [2.45, 2.75) is 32.1 Å². The van der Waals surface area contributed by atoms with Crippen LogP contribution in [0.15, 0.2) is 24.3 Å². The molecule has 1 fully saturated rings. The van der Waals surface area contributed by atoms with Crippen molar-refractivity contribution < 1.29 is 4.74 Å². The summed E-state index contributed by atoms with van der Waals surface area (Å²) in [5.74, 6) is 1.75. The summed E-state index contributed by atoms with van der Waals surface area (Å²) in [5, 5.41) is 3.35. The van der Waals surface area contributed by atoms with Crippen molar-refractivity contribution in [1.82, 2.24) is 5.32 Å². The molecule has 0 amide bonds. The van der Waals surface area contributed by atoms with Crippen LogP contribution in [0.3, 0.4) is 0 Å². The third-order valence-corrected chi connectivity index (χ3v) is 4.20. The normalized spacial score (nSPS) is 27.6. The van der Waals surface area contributed by atoms with Crippen LogP contribution >= 0.6 is 0 Å². The Kier molecular flexibility index (Phi) is 3.72. The van der Waals surface area contributed by atoms with E-state index in [4.69, 9.17) is 4.74 Å². The van der Waals surface area contributed by atoms with Crippen LogP contribution < -0.4 is 10.1 Å². The van der Waals surface area contributed by atoms with Crippen LogP contribution in [0.1, 0.15) is 32.3 Å². The number of nitrogens with one attached hydrogen (secondary N) is 1. The monoisotopic (exact) mass is 233 g/mol. The molecule has 0 bridgehead atoms. The molecule has 2 rings (SSSR count). The van der Waals surface area contributed by atoms with Gasteiger partial charge >= 0.3 is 0 Å². The zero-order valence-corrected chi connectivity index (χ0v) is 11.1. The molecule has 1 saturated carbocycles. The number of rotatable bonds is 5. The van der Waals surface area contributed by atoms with Gasteiger partial charge in [0, 0.05) is 12.0 Å². The average molecular weight is 233 g/mol. The Labute approximate surface area is 104 Å². The Hall–Kier alpha value is -1.02. The molecule has 17 heavy (non-hydrogen) atoms. The highest BCUT2D eigenvalue weighted by atomic mass is 16.5. The molecule has 0 saturated heterocycles. The lowest BCUT2D eigenvalue weighted by molar-refractivity contribution is 0.137. The summed E-state index contributed by atoms with van der Waals surface area (Å²) in [4.78, 5) is 0. The van der Waals surface area contributed by atoms with Gasteiger partial charge in [0.15, 0.2) is 0 Å². The Bertz CT molecular complexity index is 360. The maximum absolute atomic E-state index is 5.50. The highest BCUT2D eigenvalue weighted by Crippen LogP contribution is 2.48. The highest BCUT2D eigenvalue weighted by Gasteiger charge is 2.44. The van der Waals surface area contributed by atoms with Crippen LogP contribution in [0.4, 0.5) is 0 Å². The molecule has 2 unspecified atom stereocenters. The molecule has 1 N–H and O–H groups in total. The van der Waals surface area contributed by atoms with Crippen LogP contribution in [0.25, 0.3) is 0 Å². The van der Waals surface area contributed by atoms with Crippen molar-refractivity contribution in [3.05, 3.63) is 29.8 Å². The minimum atomic E-state index is 0.347. The summed E-state index contributed by atoms with van der Waals surface area (Å²) in [7, 11) is 2.04. The number of hydrogen-bond acceptors (Lipinski definition) is 2.